The molecule has 3 unspecified atom stereocenters. The number of nitrogens with zero attached hydrogens (tertiary/aromatic N) is 2. The third kappa shape index (κ3) is 5.61. The Morgan fingerprint density at radius 1 is 0.872 bits per heavy atom. The van der Waals surface area contributed by atoms with Gasteiger partial charge in [0.25, 0.3) is 5.91 Å². The maximum Gasteiger partial charge on any atom is 0.255 e. The molecule has 0 radical (unpaired) electrons. The number of nitrogens with one attached hydrogen (secondary N) is 1. The number of fused-ring (bicyclic) bond motifs is 1. The van der Waals surface area contributed by atoms with Crippen LogP contribution in [0.15, 0.2) is 109 Å². The van der Waals surface area contributed by atoms with Crippen molar-refractivity contribution in [3.8, 4) is 0 Å². The molecule has 4 aromatic carbocycles. The highest BCUT2D eigenvalue weighted by atomic mass is 16.7. The molecular formula is C32H29N3O4. The highest BCUT2D eigenvalue weighted by Crippen LogP contribution is 2.39. The van der Waals surface area contributed by atoms with E-state index in [1.54, 1.807) is 12.1 Å². The van der Waals surface area contributed by atoms with Gasteiger partial charge in [0.2, 0.25) is 0 Å². The maximum atomic E-state index is 12.6. The Morgan fingerprint density at radius 2 is 1.59 bits per heavy atom. The lowest BCUT2D eigenvalue weighted by Crippen LogP contribution is -2.32. The molecule has 0 bridgehead atoms. The fourth-order valence-corrected chi connectivity index (χ4v) is 4.92. The quantitative estimate of drug-likeness (QED) is 0.274. The van der Waals surface area contributed by atoms with Crippen LogP contribution in [0.5, 0.6) is 0 Å². The van der Waals surface area contributed by atoms with Crippen LogP contribution in [0.2, 0.25) is 0 Å². The van der Waals surface area contributed by atoms with Crippen molar-refractivity contribution in [2.75, 3.05) is 5.32 Å². The van der Waals surface area contributed by atoms with Crippen molar-refractivity contribution >= 4 is 22.6 Å². The van der Waals surface area contributed by atoms with E-state index in [2.05, 4.69) is 20.9 Å². The molecule has 1 amide bonds. The van der Waals surface area contributed by atoms with Crippen molar-refractivity contribution in [2.45, 2.75) is 38.1 Å². The standard InChI is InChI=1S/C32H29N3O4/c36-20-22-10-12-23(13-11-22)30-18-27(19-35-21-33-28-8-4-5-9-29(28)35)38-32(39-30)25-14-16-26(17-15-25)34-31(37)24-6-2-1-3-7-24/h1-17,21,27,30,32,36H,18-20H2,(H,34,37). The lowest BCUT2D eigenvalue weighted by molar-refractivity contribution is -0.252. The van der Waals surface area contributed by atoms with Crippen molar-refractivity contribution < 1.29 is 19.4 Å². The fourth-order valence-electron chi connectivity index (χ4n) is 4.92. The summed E-state index contributed by atoms with van der Waals surface area (Å²) in [4.78, 5) is 17.1. The van der Waals surface area contributed by atoms with E-state index in [9.17, 15) is 9.90 Å². The van der Waals surface area contributed by atoms with Crippen LogP contribution in [-0.2, 0) is 22.6 Å². The van der Waals surface area contributed by atoms with Crippen LogP contribution in [0.1, 0.15) is 45.9 Å². The highest BCUT2D eigenvalue weighted by Gasteiger charge is 2.32. The van der Waals surface area contributed by atoms with Crippen molar-refractivity contribution in [3.63, 3.8) is 0 Å². The zero-order valence-corrected chi connectivity index (χ0v) is 21.3. The van der Waals surface area contributed by atoms with Gasteiger partial charge in [-0.1, -0.05) is 66.7 Å². The first kappa shape index (κ1) is 25.0. The number of benzene rings is 4. The molecular weight excluding hydrogens is 490 g/mol. The first-order valence-corrected chi connectivity index (χ1v) is 13.0. The number of hydrogen-bond acceptors (Lipinski definition) is 5. The minimum Gasteiger partial charge on any atom is -0.392 e. The Morgan fingerprint density at radius 3 is 2.36 bits per heavy atom. The van der Waals surface area contributed by atoms with Crippen LogP contribution in [0, 0.1) is 0 Å². The Kier molecular flexibility index (Phi) is 7.19. The van der Waals surface area contributed by atoms with Crippen LogP contribution in [0.4, 0.5) is 5.69 Å². The minimum atomic E-state index is -0.583. The van der Waals surface area contributed by atoms with Gasteiger partial charge >= 0.3 is 0 Å². The molecule has 6 rings (SSSR count). The average Bonchev–Trinajstić information content (AvgIpc) is 3.40. The third-order valence-corrected chi connectivity index (χ3v) is 7.02. The van der Waals surface area contributed by atoms with Gasteiger partial charge in [-0.05, 0) is 47.5 Å². The normalized spacial score (nSPS) is 19.2. The Bertz CT molecular complexity index is 1550. The van der Waals surface area contributed by atoms with E-state index < -0.39 is 6.29 Å². The van der Waals surface area contributed by atoms with Gasteiger partial charge in [0, 0.05) is 23.2 Å². The number of hydrogen-bond donors (Lipinski definition) is 2. The number of aliphatic hydroxyl groups is 1. The summed E-state index contributed by atoms with van der Waals surface area (Å²) < 4.78 is 15.1. The lowest BCUT2D eigenvalue weighted by Gasteiger charge is -2.36. The molecule has 2 N–H and O–H groups in total. The molecule has 0 saturated carbocycles. The van der Waals surface area contributed by atoms with Gasteiger partial charge in [-0.3, -0.25) is 4.79 Å². The summed E-state index contributed by atoms with van der Waals surface area (Å²) in [7, 11) is 0. The number of imidazole rings is 1. The van der Waals surface area contributed by atoms with Crippen LogP contribution < -0.4 is 5.32 Å². The van der Waals surface area contributed by atoms with Crippen molar-refractivity contribution in [1.29, 1.82) is 0 Å². The molecule has 1 aliphatic rings. The Hall–Kier alpha value is -4.30. The topological polar surface area (TPSA) is 85.6 Å². The Labute approximate surface area is 226 Å². The van der Waals surface area contributed by atoms with Crippen molar-refractivity contribution in [3.05, 3.63) is 132 Å². The van der Waals surface area contributed by atoms with Crippen LogP contribution in [0.25, 0.3) is 11.0 Å². The summed E-state index contributed by atoms with van der Waals surface area (Å²) in [5, 5.41) is 12.4. The predicted octanol–water partition coefficient (Wildman–Crippen LogP) is 6.03. The number of ether oxygens (including phenoxy) is 2. The summed E-state index contributed by atoms with van der Waals surface area (Å²) in [6.45, 7) is 0.637. The molecule has 0 aliphatic carbocycles. The van der Waals surface area contributed by atoms with E-state index in [-0.39, 0.29) is 24.7 Å². The molecule has 196 valence electrons. The zero-order valence-electron chi connectivity index (χ0n) is 21.3. The van der Waals surface area contributed by atoms with Crippen molar-refractivity contribution in [2.24, 2.45) is 0 Å². The first-order chi connectivity index (χ1) is 19.2. The lowest BCUT2D eigenvalue weighted by atomic mass is 10.00. The molecule has 39 heavy (non-hydrogen) atoms. The SMILES string of the molecule is O=C(Nc1ccc(C2OC(Cn3cnc4ccccc43)CC(c3ccc(CO)cc3)O2)cc1)c1ccccc1. The Balaban J connectivity index is 1.23. The summed E-state index contributed by atoms with van der Waals surface area (Å²) in [6, 6.07) is 32.6. The molecule has 7 heteroatoms. The average molecular weight is 520 g/mol. The van der Waals surface area contributed by atoms with E-state index >= 15 is 0 Å². The number of aliphatic hydroxyl groups excluding tert-OH is 1. The van der Waals surface area contributed by atoms with E-state index in [1.165, 1.54) is 0 Å². The van der Waals surface area contributed by atoms with Crippen LogP contribution in [0.3, 0.4) is 0 Å². The number of anilines is 1. The van der Waals surface area contributed by atoms with Gasteiger partial charge in [0.05, 0.1) is 42.7 Å². The number of rotatable bonds is 7. The smallest absolute Gasteiger partial charge is 0.255 e. The number of carbonyl (C=O) groups is 1. The van der Waals surface area contributed by atoms with Gasteiger partial charge in [-0.2, -0.15) is 0 Å². The number of carbonyl (C=O) groups excluding carboxylic acids is 1. The first-order valence-electron chi connectivity index (χ1n) is 13.0. The van der Waals surface area contributed by atoms with Gasteiger partial charge in [0.15, 0.2) is 6.29 Å². The second kappa shape index (κ2) is 11.2. The third-order valence-electron chi connectivity index (χ3n) is 7.02. The van der Waals surface area contributed by atoms with E-state index in [0.717, 1.165) is 27.7 Å². The second-order valence-corrected chi connectivity index (χ2v) is 9.68. The van der Waals surface area contributed by atoms with Gasteiger partial charge < -0.3 is 24.5 Å². The van der Waals surface area contributed by atoms with Crippen molar-refractivity contribution in [1.82, 2.24) is 9.55 Å². The summed E-state index contributed by atoms with van der Waals surface area (Å²) in [5.41, 5.74) is 6.07. The largest absolute Gasteiger partial charge is 0.392 e. The molecule has 1 aliphatic heterocycles. The molecule has 2 heterocycles. The van der Waals surface area contributed by atoms with Gasteiger partial charge in [-0.25, -0.2) is 4.98 Å². The van der Waals surface area contributed by atoms with E-state index in [0.29, 0.717) is 24.2 Å². The van der Waals surface area contributed by atoms with Gasteiger partial charge in [-0.15, -0.1) is 0 Å². The maximum absolute atomic E-state index is 12.6. The predicted molar refractivity (Wildman–Crippen MR) is 149 cm³/mol. The number of amides is 1. The molecule has 0 spiro atoms. The van der Waals surface area contributed by atoms with Crippen LogP contribution in [-0.4, -0.2) is 26.7 Å². The molecule has 1 saturated heterocycles. The molecule has 5 aromatic rings. The molecule has 1 fully saturated rings. The summed E-state index contributed by atoms with van der Waals surface area (Å²) >= 11 is 0. The van der Waals surface area contributed by atoms with E-state index in [4.69, 9.17) is 9.47 Å². The van der Waals surface area contributed by atoms with Gasteiger partial charge in [0.1, 0.15) is 0 Å². The summed E-state index contributed by atoms with van der Waals surface area (Å²) in [6.07, 6.45) is 1.63. The molecule has 3 atom stereocenters. The number of para-hydroxylation sites is 2. The highest BCUT2D eigenvalue weighted by molar-refractivity contribution is 6.04. The second-order valence-electron chi connectivity index (χ2n) is 9.68. The molecule has 7 nitrogen and oxygen atoms in total. The zero-order chi connectivity index (χ0) is 26.6. The minimum absolute atomic E-state index is 0.00102. The monoisotopic (exact) mass is 519 g/mol. The fraction of sp³-hybridized carbons (Fsp3) is 0.188. The summed E-state index contributed by atoms with van der Waals surface area (Å²) in [5.74, 6) is -0.160. The van der Waals surface area contributed by atoms with Crippen LogP contribution >= 0.6 is 0 Å². The number of aromatic nitrogens is 2. The molecule has 1 aromatic heterocycles. The van der Waals surface area contributed by atoms with E-state index in [1.807, 2.05) is 91.3 Å².